The smallest absolute Gasteiger partial charge is 0.121 e. The normalized spacial score (nSPS) is 13.4. The third-order valence-electron chi connectivity index (χ3n) is 1.83. The average molecular weight is 161 g/mol. The molecular weight excluding hydrogens is 152 g/mol. The Hall–Kier alpha value is -1.51. The minimum absolute atomic E-state index is 0.725. The summed E-state index contributed by atoms with van der Waals surface area (Å²) in [4.78, 5) is 4.13. The maximum Gasteiger partial charge on any atom is 0.121 e. The Morgan fingerprint density at radius 1 is 1.42 bits per heavy atom. The Balaban J connectivity index is 2.44. The lowest BCUT2D eigenvalue weighted by Gasteiger charge is -2.10. The fourth-order valence-corrected chi connectivity index (χ4v) is 1.17. The largest absolute Gasteiger partial charge is 0.497 e. The number of rotatable bonds is 1. The molecule has 0 saturated carbocycles. The van der Waals surface area contributed by atoms with Gasteiger partial charge in [0.25, 0.3) is 0 Å². The van der Waals surface area contributed by atoms with Gasteiger partial charge in [0.1, 0.15) is 12.1 Å². The zero-order valence-corrected chi connectivity index (χ0v) is 6.82. The summed E-state index contributed by atoms with van der Waals surface area (Å²) >= 11 is 0. The summed E-state index contributed by atoms with van der Waals surface area (Å²) in [7, 11) is 1.65. The van der Waals surface area contributed by atoms with Crippen LogP contribution in [0.5, 0.6) is 5.75 Å². The molecule has 2 rings (SSSR count). The van der Waals surface area contributed by atoms with Crippen molar-refractivity contribution in [2.75, 3.05) is 7.11 Å². The molecule has 1 radical (unpaired) electrons. The van der Waals surface area contributed by atoms with E-state index in [1.807, 2.05) is 18.2 Å². The van der Waals surface area contributed by atoms with Crippen LogP contribution in [-0.2, 0) is 6.54 Å². The maximum atomic E-state index is 5.08. The van der Waals surface area contributed by atoms with Crippen LogP contribution in [-0.4, -0.2) is 13.4 Å². The summed E-state index contributed by atoms with van der Waals surface area (Å²) in [5.41, 5.74) is 2.11. The van der Waals surface area contributed by atoms with E-state index >= 15 is 0 Å². The number of fused-ring (bicyclic) bond motifs is 1. The van der Waals surface area contributed by atoms with Gasteiger partial charge in [0.05, 0.1) is 19.3 Å². The van der Waals surface area contributed by atoms with Gasteiger partial charge >= 0.3 is 0 Å². The second-order valence-electron chi connectivity index (χ2n) is 2.58. The second kappa shape index (κ2) is 2.85. The molecule has 0 N–H and O–H groups in total. The standard InChI is InChI=1S/C9H9N2O/c1-12-8-3-2-7-5-10-6-11-9(7)4-8/h2-4,6H,5H2,1H3. The molecule has 1 aliphatic rings. The minimum atomic E-state index is 0.725. The molecule has 0 atom stereocenters. The zero-order chi connectivity index (χ0) is 8.39. The van der Waals surface area contributed by atoms with Gasteiger partial charge in [-0.25, -0.2) is 4.99 Å². The predicted molar refractivity (Wildman–Crippen MR) is 47.0 cm³/mol. The molecule has 0 unspecified atom stereocenters. The van der Waals surface area contributed by atoms with Crippen molar-refractivity contribution in [2.45, 2.75) is 6.54 Å². The van der Waals surface area contributed by atoms with E-state index in [2.05, 4.69) is 10.3 Å². The molecule has 61 valence electrons. The molecule has 3 heteroatoms. The summed E-state index contributed by atoms with van der Waals surface area (Å²) in [6.45, 7) is 0.725. The van der Waals surface area contributed by atoms with Gasteiger partial charge in [0, 0.05) is 6.07 Å². The second-order valence-corrected chi connectivity index (χ2v) is 2.58. The van der Waals surface area contributed by atoms with E-state index in [1.165, 1.54) is 0 Å². The molecule has 0 amide bonds. The van der Waals surface area contributed by atoms with Crippen molar-refractivity contribution in [1.82, 2.24) is 5.32 Å². The highest BCUT2D eigenvalue weighted by Crippen LogP contribution is 2.26. The Kier molecular flexibility index (Phi) is 1.70. The number of ether oxygens (including phenoxy) is 1. The van der Waals surface area contributed by atoms with Crippen molar-refractivity contribution in [3.05, 3.63) is 23.8 Å². The fourth-order valence-electron chi connectivity index (χ4n) is 1.17. The third-order valence-corrected chi connectivity index (χ3v) is 1.83. The van der Waals surface area contributed by atoms with E-state index in [4.69, 9.17) is 4.74 Å². The number of methoxy groups -OCH3 is 1. The van der Waals surface area contributed by atoms with E-state index in [1.54, 1.807) is 13.4 Å². The van der Waals surface area contributed by atoms with E-state index in [9.17, 15) is 0 Å². The third kappa shape index (κ3) is 1.13. The maximum absolute atomic E-state index is 5.08. The van der Waals surface area contributed by atoms with Crippen LogP contribution in [0.2, 0.25) is 0 Å². The van der Waals surface area contributed by atoms with Gasteiger partial charge in [-0.3, -0.25) is 5.32 Å². The van der Waals surface area contributed by atoms with Crippen LogP contribution < -0.4 is 10.1 Å². The lowest BCUT2D eigenvalue weighted by molar-refractivity contribution is 0.415. The average Bonchev–Trinajstić information content (AvgIpc) is 2.17. The SMILES string of the molecule is COc1ccc2c(c1)N=C[N]C2. The molecule has 1 aromatic carbocycles. The highest BCUT2D eigenvalue weighted by atomic mass is 16.5. The van der Waals surface area contributed by atoms with E-state index in [0.717, 1.165) is 23.5 Å². The van der Waals surface area contributed by atoms with Gasteiger partial charge in [0.15, 0.2) is 0 Å². The van der Waals surface area contributed by atoms with Crippen molar-refractivity contribution >= 4 is 12.0 Å². The van der Waals surface area contributed by atoms with Gasteiger partial charge in [-0.2, -0.15) is 0 Å². The van der Waals surface area contributed by atoms with Gasteiger partial charge < -0.3 is 4.74 Å². The number of hydrogen-bond acceptors (Lipinski definition) is 2. The predicted octanol–water partition coefficient (Wildman–Crippen LogP) is 1.47. The molecule has 0 saturated heterocycles. The number of benzene rings is 1. The van der Waals surface area contributed by atoms with Crippen LogP contribution in [0.15, 0.2) is 23.2 Å². The zero-order valence-electron chi connectivity index (χ0n) is 6.82. The van der Waals surface area contributed by atoms with Crippen LogP contribution in [0.1, 0.15) is 5.56 Å². The first-order chi connectivity index (χ1) is 5.90. The highest BCUT2D eigenvalue weighted by Gasteiger charge is 2.06. The van der Waals surface area contributed by atoms with Crippen molar-refractivity contribution < 1.29 is 4.74 Å². The topological polar surface area (TPSA) is 35.7 Å². The van der Waals surface area contributed by atoms with E-state index < -0.39 is 0 Å². The van der Waals surface area contributed by atoms with Gasteiger partial charge in [-0.05, 0) is 11.6 Å². The molecule has 0 fully saturated rings. The molecule has 0 aliphatic carbocycles. The number of nitrogens with zero attached hydrogens (tertiary/aromatic N) is 2. The monoisotopic (exact) mass is 161 g/mol. The number of hydrogen-bond donors (Lipinski definition) is 0. The van der Waals surface area contributed by atoms with Gasteiger partial charge in [-0.15, -0.1) is 0 Å². The molecule has 0 bridgehead atoms. The highest BCUT2D eigenvalue weighted by molar-refractivity contribution is 5.67. The minimum Gasteiger partial charge on any atom is -0.497 e. The summed E-state index contributed by atoms with van der Waals surface area (Å²) in [6, 6.07) is 5.84. The first-order valence-electron chi connectivity index (χ1n) is 3.76. The van der Waals surface area contributed by atoms with Gasteiger partial charge in [0.2, 0.25) is 0 Å². The van der Waals surface area contributed by atoms with Crippen molar-refractivity contribution in [3.63, 3.8) is 0 Å². The molecular formula is C9H9N2O. The van der Waals surface area contributed by atoms with Gasteiger partial charge in [-0.1, -0.05) is 6.07 Å². The summed E-state index contributed by atoms with van der Waals surface area (Å²) in [6.07, 6.45) is 1.59. The lowest BCUT2D eigenvalue weighted by Crippen LogP contribution is -2.06. The first kappa shape index (κ1) is 7.16. The van der Waals surface area contributed by atoms with Crippen LogP contribution >= 0.6 is 0 Å². The van der Waals surface area contributed by atoms with Crippen LogP contribution in [0.25, 0.3) is 0 Å². The molecule has 0 spiro atoms. The number of aliphatic imine (C=N–C) groups is 1. The molecule has 3 nitrogen and oxygen atoms in total. The van der Waals surface area contributed by atoms with Crippen LogP contribution in [0, 0.1) is 0 Å². The summed E-state index contributed by atoms with van der Waals surface area (Å²) in [5.74, 6) is 0.841. The Morgan fingerprint density at radius 2 is 2.33 bits per heavy atom. The first-order valence-corrected chi connectivity index (χ1v) is 3.76. The van der Waals surface area contributed by atoms with Crippen molar-refractivity contribution in [3.8, 4) is 5.75 Å². The quantitative estimate of drug-likeness (QED) is 0.614. The molecule has 1 aromatic rings. The summed E-state index contributed by atoms with van der Waals surface area (Å²) < 4.78 is 5.08. The van der Waals surface area contributed by atoms with Crippen LogP contribution in [0.3, 0.4) is 0 Å². The fraction of sp³-hybridized carbons (Fsp3) is 0.222. The Morgan fingerprint density at radius 3 is 3.17 bits per heavy atom. The molecule has 1 aliphatic heterocycles. The van der Waals surface area contributed by atoms with Crippen molar-refractivity contribution in [2.24, 2.45) is 4.99 Å². The lowest BCUT2D eigenvalue weighted by atomic mass is 10.1. The summed E-state index contributed by atoms with van der Waals surface area (Å²) in [5, 5.41) is 4.04. The van der Waals surface area contributed by atoms with Crippen LogP contribution in [0.4, 0.5) is 5.69 Å². The van der Waals surface area contributed by atoms with E-state index in [-0.39, 0.29) is 0 Å². The Bertz CT molecular complexity index is 320. The molecule has 1 heterocycles. The molecule has 0 aromatic heterocycles. The molecule has 12 heavy (non-hydrogen) atoms. The Labute approximate surface area is 71.1 Å². The van der Waals surface area contributed by atoms with Crippen molar-refractivity contribution in [1.29, 1.82) is 0 Å². The van der Waals surface area contributed by atoms with E-state index in [0.29, 0.717) is 0 Å².